The highest BCUT2D eigenvalue weighted by Crippen LogP contribution is 2.20. The van der Waals surface area contributed by atoms with Gasteiger partial charge in [0.25, 0.3) is 0 Å². The monoisotopic (exact) mass is 402 g/mol. The normalized spacial score (nSPS) is 10.9. The van der Waals surface area contributed by atoms with Gasteiger partial charge >= 0.3 is 5.97 Å². The molecule has 0 saturated heterocycles. The molecular weight excluding hydrogens is 376 g/mol. The molecule has 0 spiro atoms. The van der Waals surface area contributed by atoms with Crippen molar-refractivity contribution in [2.24, 2.45) is 5.10 Å². The minimum absolute atomic E-state index is 0.0359. The van der Waals surface area contributed by atoms with Crippen LogP contribution in [0.5, 0.6) is 5.75 Å². The molecule has 0 aliphatic carbocycles. The van der Waals surface area contributed by atoms with Crippen LogP contribution >= 0.6 is 11.6 Å². The number of nitrogens with zero attached hydrogens (tertiary/aromatic N) is 1. The minimum Gasteiger partial charge on any atom is -0.494 e. The van der Waals surface area contributed by atoms with Gasteiger partial charge in [0, 0.05) is 0 Å². The van der Waals surface area contributed by atoms with E-state index in [1.165, 1.54) is 44.2 Å². The molecule has 0 heterocycles. The van der Waals surface area contributed by atoms with Gasteiger partial charge in [0.2, 0.25) is 0 Å². The molecule has 0 atom stereocenters. The lowest BCUT2D eigenvalue weighted by Crippen LogP contribution is -1.99. The molecule has 0 saturated carbocycles. The van der Waals surface area contributed by atoms with Crippen LogP contribution in [0.4, 0.5) is 5.69 Å². The van der Waals surface area contributed by atoms with E-state index >= 15 is 0 Å². The number of benzene rings is 2. The van der Waals surface area contributed by atoms with Gasteiger partial charge in [-0.3, -0.25) is 5.43 Å². The number of anilines is 1. The van der Waals surface area contributed by atoms with Crippen LogP contribution in [0.1, 0.15) is 61.4 Å². The smallest absolute Gasteiger partial charge is 0.337 e. The number of unbranched alkanes of at least 4 members (excludes halogenated alkanes) is 5. The zero-order valence-corrected chi connectivity index (χ0v) is 16.9. The van der Waals surface area contributed by atoms with E-state index in [0.29, 0.717) is 5.69 Å². The molecule has 6 heteroatoms. The van der Waals surface area contributed by atoms with E-state index < -0.39 is 5.97 Å². The third kappa shape index (κ3) is 7.61. The van der Waals surface area contributed by atoms with Crippen molar-refractivity contribution in [3.05, 3.63) is 58.6 Å². The standard InChI is InChI=1S/C22H27ClN2O3/c1-2-3-4-5-6-7-14-28-19-11-8-17(9-12-19)16-24-25-18-10-13-21(23)20(15-18)22(26)27/h8-13,15-16,25H,2-7,14H2,1H3,(H,26,27)/b24-16+. The first-order valence-corrected chi connectivity index (χ1v) is 10.0. The van der Waals surface area contributed by atoms with Gasteiger partial charge < -0.3 is 9.84 Å². The Bertz CT molecular complexity index is 776. The van der Waals surface area contributed by atoms with Gasteiger partial charge in [-0.05, 0) is 54.4 Å². The number of halogens is 1. The van der Waals surface area contributed by atoms with Crippen LogP contribution in [0.25, 0.3) is 0 Å². The molecule has 0 unspecified atom stereocenters. The van der Waals surface area contributed by atoms with E-state index in [-0.39, 0.29) is 10.6 Å². The lowest BCUT2D eigenvalue weighted by Gasteiger charge is -2.06. The van der Waals surface area contributed by atoms with Gasteiger partial charge in [0.15, 0.2) is 0 Å². The summed E-state index contributed by atoms with van der Waals surface area (Å²) in [6, 6.07) is 12.3. The summed E-state index contributed by atoms with van der Waals surface area (Å²) in [6.45, 7) is 2.96. The van der Waals surface area contributed by atoms with Gasteiger partial charge in [-0.1, -0.05) is 50.6 Å². The molecule has 0 fully saturated rings. The zero-order chi connectivity index (χ0) is 20.2. The number of nitrogens with one attached hydrogen (secondary N) is 1. The molecule has 150 valence electrons. The number of carbonyl (C=O) groups is 1. The molecular formula is C22H27ClN2O3. The van der Waals surface area contributed by atoms with Gasteiger partial charge in [0.1, 0.15) is 5.75 Å². The Morgan fingerprint density at radius 1 is 1.11 bits per heavy atom. The van der Waals surface area contributed by atoms with Crippen LogP contribution in [0, 0.1) is 0 Å². The second-order valence-corrected chi connectivity index (χ2v) is 6.96. The number of hydrogen-bond donors (Lipinski definition) is 2. The first-order chi connectivity index (χ1) is 13.6. The highest BCUT2D eigenvalue weighted by molar-refractivity contribution is 6.33. The van der Waals surface area contributed by atoms with Crippen molar-refractivity contribution in [2.75, 3.05) is 12.0 Å². The summed E-state index contributed by atoms with van der Waals surface area (Å²) in [5.41, 5.74) is 4.31. The highest BCUT2D eigenvalue weighted by atomic mass is 35.5. The summed E-state index contributed by atoms with van der Waals surface area (Å²) in [6.07, 6.45) is 9.13. The first kappa shape index (κ1) is 21.8. The number of ether oxygens (including phenoxy) is 1. The molecule has 0 amide bonds. The van der Waals surface area contributed by atoms with Crippen molar-refractivity contribution < 1.29 is 14.6 Å². The fraction of sp³-hybridized carbons (Fsp3) is 0.364. The molecule has 2 rings (SSSR count). The Morgan fingerprint density at radius 3 is 2.54 bits per heavy atom. The third-order valence-electron chi connectivity index (χ3n) is 4.25. The third-order valence-corrected chi connectivity index (χ3v) is 4.58. The molecule has 2 aromatic rings. The summed E-state index contributed by atoms with van der Waals surface area (Å²) < 4.78 is 5.76. The average molecular weight is 403 g/mol. The molecule has 0 aromatic heterocycles. The number of carboxylic acid groups (broad SMARTS) is 1. The lowest BCUT2D eigenvalue weighted by molar-refractivity contribution is 0.0697. The van der Waals surface area contributed by atoms with E-state index in [0.717, 1.165) is 24.3 Å². The van der Waals surface area contributed by atoms with Crippen LogP contribution in [0.2, 0.25) is 5.02 Å². The quantitative estimate of drug-likeness (QED) is 0.251. The van der Waals surface area contributed by atoms with Crippen molar-refractivity contribution in [3.8, 4) is 5.75 Å². The Balaban J connectivity index is 1.76. The molecule has 0 bridgehead atoms. The van der Waals surface area contributed by atoms with E-state index in [1.54, 1.807) is 12.3 Å². The number of aromatic carboxylic acids is 1. The lowest BCUT2D eigenvalue weighted by atomic mass is 10.1. The molecule has 2 N–H and O–H groups in total. The van der Waals surface area contributed by atoms with Crippen molar-refractivity contribution >= 4 is 29.5 Å². The Morgan fingerprint density at radius 2 is 1.82 bits per heavy atom. The SMILES string of the molecule is CCCCCCCCOc1ccc(/C=N/Nc2ccc(Cl)c(C(=O)O)c2)cc1. The molecule has 5 nitrogen and oxygen atoms in total. The number of rotatable bonds is 12. The molecule has 0 aliphatic heterocycles. The van der Waals surface area contributed by atoms with E-state index in [4.69, 9.17) is 21.4 Å². The fourth-order valence-electron chi connectivity index (χ4n) is 2.66. The van der Waals surface area contributed by atoms with Crippen molar-refractivity contribution in [3.63, 3.8) is 0 Å². The Labute approximate surface area is 171 Å². The van der Waals surface area contributed by atoms with E-state index in [2.05, 4.69) is 17.5 Å². The van der Waals surface area contributed by atoms with Crippen LogP contribution < -0.4 is 10.2 Å². The average Bonchev–Trinajstić information content (AvgIpc) is 2.69. The van der Waals surface area contributed by atoms with Crippen LogP contribution in [-0.4, -0.2) is 23.9 Å². The zero-order valence-electron chi connectivity index (χ0n) is 16.2. The number of hydrazone groups is 1. The topological polar surface area (TPSA) is 70.9 Å². The maximum atomic E-state index is 11.1. The summed E-state index contributed by atoms with van der Waals surface area (Å²) in [5.74, 6) is -0.225. The van der Waals surface area contributed by atoms with Crippen LogP contribution in [0.3, 0.4) is 0 Å². The maximum absolute atomic E-state index is 11.1. The molecule has 2 aromatic carbocycles. The predicted octanol–water partition coefficient (Wildman–Crippen LogP) is 6.22. The summed E-state index contributed by atoms with van der Waals surface area (Å²) >= 11 is 5.85. The second-order valence-electron chi connectivity index (χ2n) is 6.56. The predicted molar refractivity (Wildman–Crippen MR) is 115 cm³/mol. The van der Waals surface area contributed by atoms with Crippen LogP contribution in [-0.2, 0) is 0 Å². The fourth-order valence-corrected chi connectivity index (χ4v) is 2.86. The highest BCUT2D eigenvalue weighted by Gasteiger charge is 2.08. The van der Waals surface area contributed by atoms with Crippen molar-refractivity contribution in [1.82, 2.24) is 0 Å². The summed E-state index contributed by atoms with van der Waals surface area (Å²) in [7, 11) is 0. The van der Waals surface area contributed by atoms with Crippen molar-refractivity contribution in [2.45, 2.75) is 45.4 Å². The van der Waals surface area contributed by atoms with Gasteiger partial charge in [-0.15, -0.1) is 0 Å². The largest absolute Gasteiger partial charge is 0.494 e. The maximum Gasteiger partial charge on any atom is 0.337 e. The van der Waals surface area contributed by atoms with Crippen LogP contribution in [0.15, 0.2) is 47.6 Å². The summed E-state index contributed by atoms with van der Waals surface area (Å²) in [5, 5.41) is 13.4. The number of carboxylic acids is 1. The molecule has 0 radical (unpaired) electrons. The molecule has 28 heavy (non-hydrogen) atoms. The minimum atomic E-state index is -1.07. The first-order valence-electron chi connectivity index (χ1n) is 9.65. The van der Waals surface area contributed by atoms with Gasteiger partial charge in [-0.2, -0.15) is 5.10 Å². The second kappa shape index (κ2) is 12.0. The number of hydrogen-bond acceptors (Lipinski definition) is 4. The Hall–Kier alpha value is -2.53. The van der Waals surface area contributed by atoms with Gasteiger partial charge in [0.05, 0.1) is 29.1 Å². The summed E-state index contributed by atoms with van der Waals surface area (Å²) in [4.78, 5) is 11.1. The Kier molecular flexibility index (Phi) is 9.35. The van der Waals surface area contributed by atoms with E-state index in [1.807, 2.05) is 24.3 Å². The van der Waals surface area contributed by atoms with Crippen molar-refractivity contribution in [1.29, 1.82) is 0 Å². The molecule has 0 aliphatic rings. The van der Waals surface area contributed by atoms with E-state index in [9.17, 15) is 4.79 Å². The van der Waals surface area contributed by atoms with Gasteiger partial charge in [-0.25, -0.2) is 4.79 Å².